The minimum absolute atomic E-state index is 0.203. The molecule has 5 nitrogen and oxygen atoms in total. The summed E-state index contributed by atoms with van der Waals surface area (Å²) in [5.74, 6) is 1.24. The van der Waals surface area contributed by atoms with Crippen molar-refractivity contribution in [3.8, 4) is 0 Å². The van der Waals surface area contributed by atoms with Crippen LogP contribution in [0, 0.1) is 6.92 Å². The molecule has 0 atom stereocenters. The molecular weight excluding hydrogens is 276 g/mol. The lowest BCUT2D eigenvalue weighted by Gasteiger charge is -2.41. The van der Waals surface area contributed by atoms with Crippen LogP contribution in [0.4, 0.5) is 11.8 Å². The Hall–Kier alpha value is -2.14. The van der Waals surface area contributed by atoms with Crippen LogP contribution in [-0.2, 0) is 10.3 Å². The van der Waals surface area contributed by atoms with Gasteiger partial charge in [-0.1, -0.05) is 30.3 Å². The summed E-state index contributed by atoms with van der Waals surface area (Å²) in [4.78, 5) is 10.7. The highest BCUT2D eigenvalue weighted by atomic mass is 16.5. The number of aromatic nitrogens is 2. The SMILES string of the molecule is COC1(c2ccccc2)CCN(c2cc(C)nc(N)n2)CC1. The first-order valence-corrected chi connectivity index (χ1v) is 7.60. The first-order chi connectivity index (χ1) is 10.6. The maximum Gasteiger partial charge on any atom is 0.222 e. The summed E-state index contributed by atoms with van der Waals surface area (Å²) in [5.41, 5.74) is 7.70. The van der Waals surface area contributed by atoms with Crippen LogP contribution < -0.4 is 10.6 Å². The number of nitrogens with zero attached hydrogens (tertiary/aromatic N) is 3. The van der Waals surface area contributed by atoms with Gasteiger partial charge in [-0.25, -0.2) is 4.98 Å². The standard InChI is InChI=1S/C17H22N4O/c1-13-12-15(20-16(18)19-13)21-10-8-17(22-2,9-11-21)14-6-4-3-5-7-14/h3-7,12H,8-11H2,1-2H3,(H2,18,19,20). The number of nitrogen functional groups attached to an aromatic ring is 1. The third kappa shape index (κ3) is 2.76. The number of methoxy groups -OCH3 is 1. The normalized spacial score (nSPS) is 17.5. The molecule has 1 aromatic heterocycles. The van der Waals surface area contributed by atoms with Crippen LogP contribution in [0.1, 0.15) is 24.1 Å². The molecule has 0 spiro atoms. The highest BCUT2D eigenvalue weighted by molar-refractivity contribution is 5.44. The van der Waals surface area contributed by atoms with Crippen LogP contribution in [0.3, 0.4) is 0 Å². The lowest BCUT2D eigenvalue weighted by atomic mass is 9.84. The topological polar surface area (TPSA) is 64.3 Å². The minimum atomic E-state index is -0.203. The van der Waals surface area contributed by atoms with Gasteiger partial charge in [0.2, 0.25) is 5.95 Å². The van der Waals surface area contributed by atoms with Crippen molar-refractivity contribution in [1.82, 2.24) is 9.97 Å². The largest absolute Gasteiger partial charge is 0.373 e. The Morgan fingerprint density at radius 3 is 2.41 bits per heavy atom. The van der Waals surface area contributed by atoms with Crippen LogP contribution in [-0.4, -0.2) is 30.2 Å². The predicted octanol–water partition coefficient (Wildman–Crippen LogP) is 2.51. The van der Waals surface area contributed by atoms with Gasteiger partial charge in [0, 0.05) is 32.0 Å². The number of hydrogen-bond donors (Lipinski definition) is 1. The van der Waals surface area contributed by atoms with Crippen LogP contribution in [0.2, 0.25) is 0 Å². The second-order valence-corrected chi connectivity index (χ2v) is 5.78. The molecule has 0 aliphatic carbocycles. The highest BCUT2D eigenvalue weighted by Crippen LogP contribution is 2.37. The van der Waals surface area contributed by atoms with Gasteiger partial charge in [0.15, 0.2) is 0 Å². The predicted molar refractivity (Wildman–Crippen MR) is 87.8 cm³/mol. The van der Waals surface area contributed by atoms with Gasteiger partial charge in [0.25, 0.3) is 0 Å². The quantitative estimate of drug-likeness (QED) is 0.943. The molecule has 0 amide bonds. The molecule has 1 aliphatic heterocycles. The monoisotopic (exact) mass is 298 g/mol. The third-order valence-corrected chi connectivity index (χ3v) is 4.44. The van der Waals surface area contributed by atoms with E-state index in [-0.39, 0.29) is 5.60 Å². The first kappa shape index (κ1) is 14.8. The summed E-state index contributed by atoms with van der Waals surface area (Å²) in [6.07, 6.45) is 1.85. The van der Waals surface area contributed by atoms with Gasteiger partial charge in [-0.05, 0) is 25.3 Å². The van der Waals surface area contributed by atoms with Crippen LogP contribution in [0.15, 0.2) is 36.4 Å². The minimum Gasteiger partial charge on any atom is -0.373 e. The maximum absolute atomic E-state index is 5.91. The fraction of sp³-hybridized carbons (Fsp3) is 0.412. The fourth-order valence-corrected chi connectivity index (χ4v) is 3.19. The maximum atomic E-state index is 5.91. The van der Waals surface area contributed by atoms with Crippen molar-refractivity contribution in [3.63, 3.8) is 0 Å². The lowest BCUT2D eigenvalue weighted by Crippen LogP contribution is -2.44. The summed E-state index contributed by atoms with van der Waals surface area (Å²) in [6.45, 7) is 3.71. The molecule has 1 aromatic carbocycles. The molecule has 0 radical (unpaired) electrons. The summed E-state index contributed by atoms with van der Waals surface area (Å²) in [6, 6.07) is 12.4. The molecule has 2 heterocycles. The van der Waals surface area contributed by atoms with E-state index in [2.05, 4.69) is 39.1 Å². The molecule has 116 valence electrons. The van der Waals surface area contributed by atoms with E-state index in [9.17, 15) is 0 Å². The smallest absolute Gasteiger partial charge is 0.222 e. The second kappa shape index (κ2) is 5.93. The van der Waals surface area contributed by atoms with E-state index in [0.29, 0.717) is 5.95 Å². The summed E-state index contributed by atoms with van der Waals surface area (Å²) in [5, 5.41) is 0. The Morgan fingerprint density at radius 2 is 1.82 bits per heavy atom. The van der Waals surface area contributed by atoms with E-state index >= 15 is 0 Å². The Bertz CT molecular complexity index is 616. The Morgan fingerprint density at radius 1 is 1.14 bits per heavy atom. The van der Waals surface area contributed by atoms with Gasteiger partial charge >= 0.3 is 0 Å². The van der Waals surface area contributed by atoms with Gasteiger partial charge in [0.1, 0.15) is 5.82 Å². The lowest BCUT2D eigenvalue weighted by molar-refractivity contribution is -0.0347. The van der Waals surface area contributed by atoms with E-state index in [1.54, 1.807) is 7.11 Å². The molecule has 22 heavy (non-hydrogen) atoms. The number of hydrogen-bond acceptors (Lipinski definition) is 5. The van der Waals surface area contributed by atoms with Crippen LogP contribution >= 0.6 is 0 Å². The van der Waals surface area contributed by atoms with Crippen molar-refractivity contribution in [2.24, 2.45) is 0 Å². The van der Waals surface area contributed by atoms with Crippen molar-refractivity contribution in [2.45, 2.75) is 25.4 Å². The zero-order chi connectivity index (χ0) is 15.6. The van der Waals surface area contributed by atoms with Crippen molar-refractivity contribution in [2.75, 3.05) is 30.8 Å². The van der Waals surface area contributed by atoms with E-state index in [4.69, 9.17) is 10.5 Å². The molecular formula is C17H22N4O. The summed E-state index contributed by atoms with van der Waals surface area (Å²) < 4.78 is 5.91. The fourth-order valence-electron chi connectivity index (χ4n) is 3.19. The number of nitrogens with two attached hydrogens (primary N) is 1. The molecule has 1 fully saturated rings. The number of anilines is 2. The van der Waals surface area contributed by atoms with Gasteiger partial charge in [-0.2, -0.15) is 4.98 Å². The molecule has 2 N–H and O–H groups in total. The van der Waals surface area contributed by atoms with Crippen molar-refractivity contribution >= 4 is 11.8 Å². The zero-order valence-electron chi connectivity index (χ0n) is 13.1. The molecule has 0 bridgehead atoms. The van der Waals surface area contributed by atoms with Gasteiger partial charge < -0.3 is 15.4 Å². The van der Waals surface area contributed by atoms with E-state index in [0.717, 1.165) is 37.4 Å². The molecule has 0 unspecified atom stereocenters. The van der Waals surface area contributed by atoms with Crippen LogP contribution in [0.25, 0.3) is 0 Å². The summed E-state index contributed by atoms with van der Waals surface area (Å²) in [7, 11) is 1.80. The van der Waals surface area contributed by atoms with E-state index < -0.39 is 0 Å². The van der Waals surface area contributed by atoms with Gasteiger partial charge in [0.05, 0.1) is 5.60 Å². The summed E-state index contributed by atoms with van der Waals surface area (Å²) >= 11 is 0. The second-order valence-electron chi connectivity index (χ2n) is 5.78. The zero-order valence-corrected chi connectivity index (χ0v) is 13.1. The Labute approximate surface area is 131 Å². The average molecular weight is 298 g/mol. The van der Waals surface area contributed by atoms with E-state index in [1.165, 1.54) is 5.56 Å². The highest BCUT2D eigenvalue weighted by Gasteiger charge is 2.36. The van der Waals surface area contributed by atoms with Gasteiger partial charge in [-0.3, -0.25) is 0 Å². The number of aryl methyl sites for hydroxylation is 1. The number of ether oxygens (including phenoxy) is 1. The molecule has 1 saturated heterocycles. The van der Waals surface area contributed by atoms with Gasteiger partial charge in [-0.15, -0.1) is 0 Å². The molecule has 5 heteroatoms. The van der Waals surface area contributed by atoms with E-state index in [1.807, 2.05) is 19.1 Å². The van der Waals surface area contributed by atoms with Crippen molar-refractivity contribution in [1.29, 1.82) is 0 Å². The third-order valence-electron chi connectivity index (χ3n) is 4.44. The van der Waals surface area contributed by atoms with Crippen molar-refractivity contribution in [3.05, 3.63) is 47.7 Å². The van der Waals surface area contributed by atoms with Crippen LogP contribution in [0.5, 0.6) is 0 Å². The molecule has 3 rings (SSSR count). The first-order valence-electron chi connectivity index (χ1n) is 7.60. The Kier molecular flexibility index (Phi) is 3.98. The number of rotatable bonds is 3. The number of benzene rings is 1. The molecule has 1 aliphatic rings. The van der Waals surface area contributed by atoms with Crippen molar-refractivity contribution < 1.29 is 4.74 Å². The Balaban J connectivity index is 1.79. The number of piperidine rings is 1. The molecule has 0 saturated carbocycles. The molecule has 2 aromatic rings. The average Bonchev–Trinajstić information content (AvgIpc) is 2.55.